The number of aromatic nitrogens is 2. The topological polar surface area (TPSA) is 126 Å². The fourth-order valence-electron chi connectivity index (χ4n) is 3.66. The zero-order chi connectivity index (χ0) is 25.0. The van der Waals surface area contributed by atoms with E-state index in [1.165, 1.54) is 7.11 Å². The molecule has 2 aromatic carbocycles. The second-order valence-electron chi connectivity index (χ2n) is 7.67. The van der Waals surface area contributed by atoms with Crippen LogP contribution in [0.5, 0.6) is 0 Å². The van der Waals surface area contributed by atoms with Gasteiger partial charge in [0.25, 0.3) is 5.56 Å². The molecule has 10 nitrogen and oxygen atoms in total. The molecule has 1 fully saturated rings. The number of carbonyl (C=O) groups excluding carboxylic acids is 2. The lowest BCUT2D eigenvalue weighted by molar-refractivity contribution is -0.269. The number of nitrogens with one attached hydrogen (secondary N) is 1. The number of aromatic amines is 1. The van der Waals surface area contributed by atoms with Crippen molar-refractivity contribution in [3.63, 3.8) is 0 Å². The predicted molar refractivity (Wildman–Crippen MR) is 118 cm³/mol. The third-order valence-electron chi connectivity index (χ3n) is 5.49. The number of carbonyl (C=O) groups is 2. The Hall–Kier alpha value is -4.09. The Morgan fingerprint density at radius 3 is 2.26 bits per heavy atom. The van der Waals surface area contributed by atoms with Gasteiger partial charge in [0.15, 0.2) is 6.10 Å². The van der Waals surface area contributed by atoms with Crippen LogP contribution in [0.3, 0.4) is 0 Å². The van der Waals surface area contributed by atoms with Gasteiger partial charge < -0.3 is 18.9 Å². The lowest BCUT2D eigenvalue weighted by atomic mass is 10.1. The number of methoxy groups -OCH3 is 1. The first kappa shape index (κ1) is 24.0. The van der Waals surface area contributed by atoms with E-state index in [1.54, 1.807) is 60.7 Å². The molecule has 0 spiro atoms. The van der Waals surface area contributed by atoms with Crippen LogP contribution in [0.1, 0.15) is 33.4 Å². The van der Waals surface area contributed by atoms with Gasteiger partial charge in [-0.05, 0) is 24.3 Å². The summed E-state index contributed by atoms with van der Waals surface area (Å²) in [6, 6.07) is 16.3. The maximum Gasteiger partial charge on any atom is 0.338 e. The van der Waals surface area contributed by atoms with Gasteiger partial charge in [0, 0.05) is 13.5 Å². The van der Waals surface area contributed by atoms with Gasteiger partial charge in [-0.1, -0.05) is 36.4 Å². The SMILES string of the molecule is CO[C@]1(COC(=O)c2ccccc2)O[C@@H](n2cc(F)c(=O)[nH]c2=O)C[C@@H]1OC(=O)c1ccccc1. The van der Waals surface area contributed by atoms with Gasteiger partial charge >= 0.3 is 17.6 Å². The Balaban J connectivity index is 1.63. The number of halogens is 1. The van der Waals surface area contributed by atoms with Crippen LogP contribution in [0, 0.1) is 5.82 Å². The normalized spacial score (nSPS) is 21.4. The summed E-state index contributed by atoms with van der Waals surface area (Å²) in [7, 11) is 1.25. The maximum atomic E-state index is 13.9. The molecule has 35 heavy (non-hydrogen) atoms. The standard InChI is InChI=1S/C24H21FN2O8/c1-32-24(14-33-21(29)15-8-4-2-5-9-15)18(34-22(30)16-10-6-3-7-11-16)12-19(35-24)27-13-17(25)20(28)26-23(27)31/h2-11,13,18-19H,12,14H2,1H3,(H,26,28,31)/t18-,19+,24+/m0/s1. The number of ether oxygens (including phenoxy) is 4. The minimum Gasteiger partial charge on any atom is -0.456 e. The summed E-state index contributed by atoms with van der Waals surface area (Å²) in [5.74, 6) is -4.44. The molecule has 182 valence electrons. The molecule has 0 bridgehead atoms. The van der Waals surface area contributed by atoms with Crippen LogP contribution in [0.15, 0.2) is 76.4 Å². The Bertz CT molecular complexity index is 1320. The van der Waals surface area contributed by atoms with Crippen molar-refractivity contribution >= 4 is 11.9 Å². The summed E-state index contributed by atoms with van der Waals surface area (Å²) in [5.41, 5.74) is -1.62. The smallest absolute Gasteiger partial charge is 0.338 e. The van der Waals surface area contributed by atoms with Crippen LogP contribution >= 0.6 is 0 Å². The van der Waals surface area contributed by atoms with E-state index in [2.05, 4.69) is 0 Å². The number of rotatable bonds is 7. The summed E-state index contributed by atoms with van der Waals surface area (Å²) in [4.78, 5) is 50.9. The average molecular weight is 484 g/mol. The molecule has 3 atom stereocenters. The van der Waals surface area contributed by atoms with Crippen molar-refractivity contribution in [1.82, 2.24) is 9.55 Å². The van der Waals surface area contributed by atoms with Crippen molar-refractivity contribution in [2.45, 2.75) is 24.5 Å². The number of nitrogens with zero attached hydrogens (tertiary/aromatic N) is 1. The Labute approximate surface area is 197 Å². The molecule has 0 amide bonds. The molecule has 0 aliphatic carbocycles. The second-order valence-corrected chi connectivity index (χ2v) is 7.67. The largest absolute Gasteiger partial charge is 0.456 e. The van der Waals surface area contributed by atoms with Gasteiger partial charge in [0.1, 0.15) is 12.8 Å². The fraction of sp³-hybridized carbons (Fsp3) is 0.250. The Kier molecular flexibility index (Phi) is 6.90. The highest BCUT2D eigenvalue weighted by molar-refractivity contribution is 5.90. The van der Waals surface area contributed by atoms with Crippen LogP contribution in [-0.4, -0.2) is 47.1 Å². The van der Waals surface area contributed by atoms with Crippen LogP contribution < -0.4 is 11.2 Å². The molecule has 1 aliphatic heterocycles. The summed E-state index contributed by atoms with van der Waals surface area (Å²) < 4.78 is 37.1. The van der Waals surface area contributed by atoms with E-state index in [-0.39, 0.29) is 17.5 Å². The van der Waals surface area contributed by atoms with E-state index in [9.17, 15) is 23.6 Å². The molecule has 1 saturated heterocycles. The molecular formula is C24H21FN2O8. The van der Waals surface area contributed by atoms with Crippen molar-refractivity contribution < 1.29 is 32.9 Å². The van der Waals surface area contributed by atoms with Crippen molar-refractivity contribution in [3.8, 4) is 0 Å². The average Bonchev–Trinajstić information content (AvgIpc) is 3.24. The molecule has 1 N–H and O–H groups in total. The first-order chi connectivity index (χ1) is 16.8. The van der Waals surface area contributed by atoms with Gasteiger partial charge in [-0.3, -0.25) is 14.3 Å². The quantitative estimate of drug-likeness (QED) is 0.505. The molecule has 0 unspecified atom stereocenters. The summed E-state index contributed by atoms with van der Waals surface area (Å²) in [5, 5.41) is 0. The van der Waals surface area contributed by atoms with E-state index in [1.807, 2.05) is 4.98 Å². The Morgan fingerprint density at radius 2 is 1.66 bits per heavy atom. The molecule has 1 aromatic heterocycles. The van der Waals surface area contributed by atoms with Crippen molar-refractivity contribution in [1.29, 1.82) is 0 Å². The van der Waals surface area contributed by atoms with E-state index in [0.717, 1.165) is 4.57 Å². The predicted octanol–water partition coefficient (Wildman–Crippen LogP) is 2.02. The first-order valence-electron chi connectivity index (χ1n) is 10.5. The minimum atomic E-state index is -1.83. The number of H-pyrrole nitrogens is 1. The highest BCUT2D eigenvalue weighted by Gasteiger charge is 2.54. The monoisotopic (exact) mass is 484 g/mol. The lowest BCUT2D eigenvalue weighted by Crippen LogP contribution is -2.48. The van der Waals surface area contributed by atoms with Gasteiger partial charge in [0.05, 0.1) is 17.3 Å². The molecule has 3 aromatic rings. The lowest BCUT2D eigenvalue weighted by Gasteiger charge is -2.31. The minimum absolute atomic E-state index is 0.166. The molecule has 4 rings (SSSR count). The summed E-state index contributed by atoms with van der Waals surface area (Å²) >= 11 is 0. The van der Waals surface area contributed by atoms with Crippen molar-refractivity contribution in [3.05, 3.63) is 105 Å². The highest BCUT2D eigenvalue weighted by Crippen LogP contribution is 2.39. The molecule has 0 radical (unpaired) electrons. The van der Waals surface area contributed by atoms with E-state index in [4.69, 9.17) is 18.9 Å². The van der Waals surface area contributed by atoms with E-state index < -0.39 is 53.7 Å². The number of esters is 2. The summed E-state index contributed by atoms with van der Waals surface area (Å²) in [6.07, 6.45) is -1.86. The maximum absolute atomic E-state index is 13.9. The molecule has 0 saturated carbocycles. The number of hydrogen-bond donors (Lipinski definition) is 1. The molecule has 1 aliphatic rings. The third kappa shape index (κ3) is 5.05. The van der Waals surface area contributed by atoms with Gasteiger partial charge in [0.2, 0.25) is 11.6 Å². The fourth-order valence-corrected chi connectivity index (χ4v) is 3.66. The van der Waals surface area contributed by atoms with Gasteiger partial charge in [-0.25, -0.2) is 14.4 Å². The number of hydrogen-bond acceptors (Lipinski definition) is 8. The van der Waals surface area contributed by atoms with E-state index >= 15 is 0 Å². The third-order valence-corrected chi connectivity index (χ3v) is 5.49. The van der Waals surface area contributed by atoms with Crippen LogP contribution in [0.4, 0.5) is 4.39 Å². The molecule has 2 heterocycles. The van der Waals surface area contributed by atoms with E-state index in [0.29, 0.717) is 6.20 Å². The van der Waals surface area contributed by atoms with Crippen LogP contribution in [0.2, 0.25) is 0 Å². The second kappa shape index (κ2) is 10.0. The first-order valence-corrected chi connectivity index (χ1v) is 10.5. The van der Waals surface area contributed by atoms with Gasteiger partial charge in [-0.15, -0.1) is 0 Å². The number of benzene rings is 2. The zero-order valence-electron chi connectivity index (χ0n) is 18.5. The van der Waals surface area contributed by atoms with Crippen LogP contribution in [-0.2, 0) is 18.9 Å². The van der Waals surface area contributed by atoms with Crippen molar-refractivity contribution in [2.24, 2.45) is 0 Å². The van der Waals surface area contributed by atoms with Crippen molar-refractivity contribution in [2.75, 3.05) is 13.7 Å². The highest BCUT2D eigenvalue weighted by atomic mass is 19.1. The molecule has 11 heteroatoms. The van der Waals surface area contributed by atoms with Gasteiger partial charge in [-0.2, -0.15) is 4.39 Å². The van der Waals surface area contributed by atoms with Crippen LogP contribution in [0.25, 0.3) is 0 Å². The zero-order valence-corrected chi connectivity index (χ0v) is 18.5. The molecular weight excluding hydrogens is 463 g/mol. The summed E-state index contributed by atoms with van der Waals surface area (Å²) in [6.45, 7) is -0.513. The Morgan fingerprint density at radius 1 is 1.06 bits per heavy atom.